The second kappa shape index (κ2) is 8.29. The minimum Gasteiger partial charge on any atom is -0.481 e. The maximum atomic E-state index is 12.0. The van der Waals surface area contributed by atoms with Crippen LogP contribution in [0.3, 0.4) is 0 Å². The summed E-state index contributed by atoms with van der Waals surface area (Å²) in [7, 11) is 1.59. The molecule has 0 fully saturated rings. The van der Waals surface area contributed by atoms with Crippen LogP contribution in [0.5, 0.6) is 0 Å². The summed E-state index contributed by atoms with van der Waals surface area (Å²) < 4.78 is 5.23. The standard InChI is InChI=1S/C16H23NO4/c1-12(2)9-14(10-15(18)19)17(3)16(20)21-11-13-7-5-4-6-8-13/h4-8,12,14H,9-11H2,1-3H3,(H,18,19). The Morgan fingerprint density at radius 2 is 1.86 bits per heavy atom. The Morgan fingerprint density at radius 3 is 2.38 bits per heavy atom. The molecule has 0 aliphatic heterocycles. The number of amides is 1. The Balaban J connectivity index is 2.58. The van der Waals surface area contributed by atoms with Crippen LogP contribution >= 0.6 is 0 Å². The zero-order chi connectivity index (χ0) is 15.8. The van der Waals surface area contributed by atoms with E-state index in [0.29, 0.717) is 12.3 Å². The second-order valence-electron chi connectivity index (χ2n) is 5.53. The average Bonchev–Trinajstić information content (AvgIpc) is 2.43. The third kappa shape index (κ3) is 6.29. The molecule has 0 heterocycles. The molecule has 1 atom stereocenters. The van der Waals surface area contributed by atoms with Crippen LogP contribution in [-0.4, -0.2) is 35.2 Å². The molecular formula is C16H23NO4. The normalized spacial score (nSPS) is 12.0. The van der Waals surface area contributed by atoms with E-state index >= 15 is 0 Å². The van der Waals surface area contributed by atoms with Crippen molar-refractivity contribution in [3.8, 4) is 0 Å². The smallest absolute Gasteiger partial charge is 0.410 e. The summed E-state index contributed by atoms with van der Waals surface area (Å²) in [5.41, 5.74) is 0.901. The number of ether oxygens (including phenoxy) is 1. The van der Waals surface area contributed by atoms with Gasteiger partial charge in [-0.25, -0.2) is 4.79 Å². The predicted molar refractivity (Wildman–Crippen MR) is 79.9 cm³/mol. The van der Waals surface area contributed by atoms with Gasteiger partial charge in [0, 0.05) is 13.1 Å². The Hall–Kier alpha value is -2.04. The first-order valence-electron chi connectivity index (χ1n) is 7.05. The van der Waals surface area contributed by atoms with Crippen molar-refractivity contribution < 1.29 is 19.4 Å². The van der Waals surface area contributed by atoms with Gasteiger partial charge in [0.15, 0.2) is 0 Å². The van der Waals surface area contributed by atoms with Crippen LogP contribution < -0.4 is 0 Å². The lowest BCUT2D eigenvalue weighted by atomic mass is 10.0. The van der Waals surface area contributed by atoms with Gasteiger partial charge in [-0.3, -0.25) is 4.79 Å². The van der Waals surface area contributed by atoms with Gasteiger partial charge in [-0.2, -0.15) is 0 Å². The molecule has 0 aliphatic rings. The summed E-state index contributed by atoms with van der Waals surface area (Å²) in [4.78, 5) is 24.3. The number of carbonyl (C=O) groups excluding carboxylic acids is 1. The van der Waals surface area contributed by atoms with Gasteiger partial charge in [0.25, 0.3) is 0 Å². The van der Waals surface area contributed by atoms with Gasteiger partial charge in [-0.1, -0.05) is 44.2 Å². The van der Waals surface area contributed by atoms with Crippen LogP contribution in [-0.2, 0) is 16.1 Å². The lowest BCUT2D eigenvalue weighted by molar-refractivity contribution is -0.138. The van der Waals surface area contributed by atoms with Crippen LogP contribution in [0.1, 0.15) is 32.3 Å². The van der Waals surface area contributed by atoms with Gasteiger partial charge < -0.3 is 14.7 Å². The second-order valence-corrected chi connectivity index (χ2v) is 5.53. The summed E-state index contributed by atoms with van der Waals surface area (Å²) in [6.45, 7) is 4.18. The molecule has 1 rings (SSSR count). The highest BCUT2D eigenvalue weighted by Crippen LogP contribution is 2.15. The maximum absolute atomic E-state index is 12.0. The summed E-state index contributed by atoms with van der Waals surface area (Å²) in [6, 6.07) is 9.03. The first kappa shape index (κ1) is 17.0. The van der Waals surface area contributed by atoms with Gasteiger partial charge in [0.1, 0.15) is 6.61 Å². The van der Waals surface area contributed by atoms with Crippen LogP contribution in [0.15, 0.2) is 30.3 Å². The molecular weight excluding hydrogens is 270 g/mol. The van der Waals surface area contributed by atoms with Gasteiger partial charge in [-0.15, -0.1) is 0 Å². The molecule has 0 bridgehead atoms. The quantitative estimate of drug-likeness (QED) is 0.838. The van der Waals surface area contributed by atoms with Crippen molar-refractivity contribution >= 4 is 12.1 Å². The minimum atomic E-state index is -0.914. The first-order valence-corrected chi connectivity index (χ1v) is 7.05. The van der Waals surface area contributed by atoms with E-state index in [1.165, 1.54) is 4.90 Å². The fourth-order valence-corrected chi connectivity index (χ4v) is 2.09. The number of carbonyl (C=O) groups is 2. The minimum absolute atomic E-state index is 0.0743. The zero-order valence-corrected chi connectivity index (χ0v) is 12.8. The molecule has 0 radical (unpaired) electrons. The van der Waals surface area contributed by atoms with E-state index in [4.69, 9.17) is 9.84 Å². The van der Waals surface area contributed by atoms with Gasteiger partial charge in [-0.05, 0) is 17.9 Å². The van der Waals surface area contributed by atoms with Crippen molar-refractivity contribution in [2.45, 2.75) is 39.3 Å². The van der Waals surface area contributed by atoms with Crippen molar-refractivity contribution in [3.63, 3.8) is 0 Å². The van der Waals surface area contributed by atoms with Crippen LogP contribution in [0.2, 0.25) is 0 Å². The Kier molecular flexibility index (Phi) is 6.72. The van der Waals surface area contributed by atoms with Crippen molar-refractivity contribution in [2.75, 3.05) is 7.05 Å². The highest BCUT2D eigenvalue weighted by molar-refractivity contribution is 5.71. The summed E-state index contributed by atoms with van der Waals surface area (Å²) in [5, 5.41) is 8.96. The highest BCUT2D eigenvalue weighted by atomic mass is 16.6. The number of aliphatic carboxylic acids is 1. The SMILES string of the molecule is CC(C)CC(CC(=O)O)N(C)C(=O)OCc1ccccc1. The number of rotatable bonds is 7. The molecule has 116 valence electrons. The predicted octanol–water partition coefficient (Wildman–Crippen LogP) is 3.14. The molecule has 0 aromatic heterocycles. The van der Waals surface area contributed by atoms with E-state index in [9.17, 15) is 9.59 Å². The summed E-state index contributed by atoms with van der Waals surface area (Å²) in [6.07, 6.45) is 0.0592. The summed E-state index contributed by atoms with van der Waals surface area (Å²) in [5.74, 6) is -0.609. The van der Waals surface area contributed by atoms with E-state index in [1.54, 1.807) is 7.05 Å². The maximum Gasteiger partial charge on any atom is 0.410 e. The Bertz CT molecular complexity index is 459. The molecule has 21 heavy (non-hydrogen) atoms. The van der Waals surface area contributed by atoms with E-state index in [-0.39, 0.29) is 19.1 Å². The number of hydrogen-bond donors (Lipinski definition) is 1. The van der Waals surface area contributed by atoms with Crippen molar-refractivity contribution in [2.24, 2.45) is 5.92 Å². The fraction of sp³-hybridized carbons (Fsp3) is 0.500. The molecule has 0 spiro atoms. The molecule has 1 unspecified atom stereocenters. The number of hydrogen-bond acceptors (Lipinski definition) is 3. The van der Waals surface area contributed by atoms with E-state index in [0.717, 1.165) is 5.56 Å². The Labute approximate surface area is 125 Å². The highest BCUT2D eigenvalue weighted by Gasteiger charge is 2.24. The van der Waals surface area contributed by atoms with Crippen LogP contribution in [0.4, 0.5) is 4.79 Å². The molecule has 0 aliphatic carbocycles. The molecule has 0 saturated carbocycles. The number of benzene rings is 1. The Morgan fingerprint density at radius 1 is 1.24 bits per heavy atom. The molecule has 1 aromatic carbocycles. The average molecular weight is 293 g/mol. The monoisotopic (exact) mass is 293 g/mol. The molecule has 1 amide bonds. The van der Waals surface area contributed by atoms with E-state index in [1.807, 2.05) is 44.2 Å². The van der Waals surface area contributed by atoms with Crippen LogP contribution in [0, 0.1) is 5.92 Å². The fourth-order valence-electron chi connectivity index (χ4n) is 2.09. The van der Waals surface area contributed by atoms with Crippen LogP contribution in [0.25, 0.3) is 0 Å². The third-order valence-corrected chi connectivity index (χ3v) is 3.19. The molecule has 5 nitrogen and oxygen atoms in total. The molecule has 1 aromatic rings. The van der Waals surface area contributed by atoms with E-state index in [2.05, 4.69) is 0 Å². The van der Waals surface area contributed by atoms with Gasteiger partial charge in [0.2, 0.25) is 0 Å². The van der Waals surface area contributed by atoms with Crippen molar-refractivity contribution in [1.29, 1.82) is 0 Å². The number of carboxylic acids is 1. The van der Waals surface area contributed by atoms with Gasteiger partial charge >= 0.3 is 12.1 Å². The lowest BCUT2D eigenvalue weighted by Crippen LogP contribution is -2.39. The van der Waals surface area contributed by atoms with Gasteiger partial charge in [0.05, 0.1) is 6.42 Å². The zero-order valence-electron chi connectivity index (χ0n) is 12.8. The molecule has 1 N–H and O–H groups in total. The van der Waals surface area contributed by atoms with Crippen molar-refractivity contribution in [1.82, 2.24) is 4.90 Å². The molecule has 0 saturated heterocycles. The van der Waals surface area contributed by atoms with E-state index < -0.39 is 12.1 Å². The number of carboxylic acid groups (broad SMARTS) is 1. The molecule has 5 heteroatoms. The summed E-state index contributed by atoms with van der Waals surface area (Å²) >= 11 is 0. The topological polar surface area (TPSA) is 66.8 Å². The largest absolute Gasteiger partial charge is 0.481 e. The van der Waals surface area contributed by atoms with Crippen molar-refractivity contribution in [3.05, 3.63) is 35.9 Å². The number of nitrogens with zero attached hydrogens (tertiary/aromatic N) is 1. The first-order chi connectivity index (χ1) is 9.90. The third-order valence-electron chi connectivity index (χ3n) is 3.19. The lowest BCUT2D eigenvalue weighted by Gasteiger charge is -2.27.